The van der Waals surface area contributed by atoms with Crippen molar-refractivity contribution in [1.82, 2.24) is 0 Å². The van der Waals surface area contributed by atoms with Gasteiger partial charge in [0.1, 0.15) is 0 Å². The molecule has 0 fully saturated rings. The molecule has 0 aromatic carbocycles. The van der Waals surface area contributed by atoms with E-state index >= 15 is 0 Å². The van der Waals surface area contributed by atoms with Crippen molar-refractivity contribution in [3.8, 4) is 0 Å². The van der Waals surface area contributed by atoms with Gasteiger partial charge in [0.05, 0.1) is 13.2 Å². The van der Waals surface area contributed by atoms with Crippen LogP contribution in [-0.4, -0.2) is 23.4 Å². The SMILES string of the molecule is OCCO.[H-].[K+]. The summed E-state index contributed by atoms with van der Waals surface area (Å²) in [5.74, 6) is 0. The first-order valence-electron chi connectivity index (χ1n) is 1.13. The van der Waals surface area contributed by atoms with Crippen molar-refractivity contribution in [2.45, 2.75) is 0 Å². The Morgan fingerprint density at radius 3 is 1.40 bits per heavy atom. The molecule has 5 heavy (non-hydrogen) atoms. The normalized spacial score (nSPS) is 6.00. The molecule has 2 N–H and O–H groups in total. The fourth-order valence-electron chi connectivity index (χ4n) is 0. The molecule has 28 valence electrons. The van der Waals surface area contributed by atoms with Crippen LogP contribution in [0.25, 0.3) is 0 Å². The molecular weight excluding hydrogens is 95.1 g/mol. The molecule has 3 heteroatoms. The predicted octanol–water partition coefficient (Wildman–Crippen LogP) is -3.91. The second-order valence-corrected chi connectivity index (χ2v) is 0.447. The van der Waals surface area contributed by atoms with Crippen LogP contribution < -0.4 is 51.4 Å². The molecule has 0 aliphatic heterocycles. The summed E-state index contributed by atoms with van der Waals surface area (Å²) >= 11 is 0. The molecule has 0 aromatic rings. The summed E-state index contributed by atoms with van der Waals surface area (Å²) in [6, 6.07) is 0. The van der Waals surface area contributed by atoms with Gasteiger partial charge in [-0.1, -0.05) is 0 Å². The molecule has 0 unspecified atom stereocenters. The van der Waals surface area contributed by atoms with Crippen molar-refractivity contribution in [1.29, 1.82) is 0 Å². The average molecular weight is 102 g/mol. The largest absolute Gasteiger partial charge is 1.00 e. The van der Waals surface area contributed by atoms with E-state index in [2.05, 4.69) is 0 Å². The van der Waals surface area contributed by atoms with Crippen LogP contribution in [0.15, 0.2) is 0 Å². The van der Waals surface area contributed by atoms with Gasteiger partial charge in [-0.2, -0.15) is 0 Å². The van der Waals surface area contributed by atoms with Crippen LogP contribution in [0.1, 0.15) is 1.43 Å². The first kappa shape index (κ1) is 9.75. The van der Waals surface area contributed by atoms with E-state index < -0.39 is 0 Å². The Balaban J connectivity index is -0.0000000450. The van der Waals surface area contributed by atoms with Crippen molar-refractivity contribution in [2.24, 2.45) is 0 Å². The zero-order chi connectivity index (χ0) is 3.41. The first-order chi connectivity index (χ1) is 1.91. The van der Waals surface area contributed by atoms with Gasteiger partial charge in [-0.05, 0) is 0 Å². The van der Waals surface area contributed by atoms with Crippen LogP contribution in [0.3, 0.4) is 0 Å². The fraction of sp³-hybridized carbons (Fsp3) is 1.00. The third kappa shape index (κ3) is 10.8. The minimum Gasteiger partial charge on any atom is -1.00 e. The second kappa shape index (κ2) is 9.12. The van der Waals surface area contributed by atoms with Crippen LogP contribution in [0.4, 0.5) is 0 Å². The number of rotatable bonds is 1. The Morgan fingerprint density at radius 2 is 1.40 bits per heavy atom. The van der Waals surface area contributed by atoms with Gasteiger partial charge in [-0.25, -0.2) is 0 Å². The van der Waals surface area contributed by atoms with Gasteiger partial charge in [0, 0.05) is 0 Å². The number of hydrogen-bond donors (Lipinski definition) is 2. The van der Waals surface area contributed by atoms with E-state index in [0.717, 1.165) is 0 Å². The molecule has 0 radical (unpaired) electrons. The van der Waals surface area contributed by atoms with Gasteiger partial charge >= 0.3 is 51.4 Å². The zero-order valence-corrected chi connectivity index (χ0v) is 6.43. The van der Waals surface area contributed by atoms with Gasteiger partial charge < -0.3 is 11.6 Å². The fourth-order valence-corrected chi connectivity index (χ4v) is 0. The summed E-state index contributed by atoms with van der Waals surface area (Å²) in [6.07, 6.45) is 0. The van der Waals surface area contributed by atoms with E-state index in [1.165, 1.54) is 0 Å². The van der Waals surface area contributed by atoms with Crippen molar-refractivity contribution in [3.05, 3.63) is 0 Å². The van der Waals surface area contributed by atoms with Crippen molar-refractivity contribution in [2.75, 3.05) is 13.2 Å². The van der Waals surface area contributed by atoms with Crippen LogP contribution in [0, 0.1) is 0 Å². The molecule has 0 aliphatic rings. The summed E-state index contributed by atoms with van der Waals surface area (Å²) < 4.78 is 0. The number of hydrogen-bond acceptors (Lipinski definition) is 2. The van der Waals surface area contributed by atoms with E-state index in [1.54, 1.807) is 0 Å². The van der Waals surface area contributed by atoms with Crippen LogP contribution in [-0.2, 0) is 0 Å². The Bertz CT molecular complexity index is 13.5. The summed E-state index contributed by atoms with van der Waals surface area (Å²) in [5, 5.41) is 15.2. The molecule has 0 spiro atoms. The van der Waals surface area contributed by atoms with E-state index in [1.807, 2.05) is 0 Å². The predicted molar refractivity (Wildman–Crippen MR) is 15.3 cm³/mol. The molecule has 2 nitrogen and oxygen atoms in total. The van der Waals surface area contributed by atoms with E-state index in [0.29, 0.717) is 0 Å². The minimum atomic E-state index is -0.125. The summed E-state index contributed by atoms with van der Waals surface area (Å²) in [6.45, 7) is -0.250. The quantitative estimate of drug-likeness (QED) is 0.332. The molecule has 0 bridgehead atoms. The Hall–Kier alpha value is 1.56. The maximum absolute atomic E-state index is 7.62. The van der Waals surface area contributed by atoms with Crippen LogP contribution in [0.5, 0.6) is 0 Å². The monoisotopic (exact) mass is 102 g/mol. The summed E-state index contributed by atoms with van der Waals surface area (Å²) in [7, 11) is 0. The third-order valence-electron chi connectivity index (χ3n) is 0.1000. The Kier molecular flexibility index (Phi) is 17.8. The van der Waals surface area contributed by atoms with E-state index in [4.69, 9.17) is 10.2 Å². The molecule has 0 amide bonds. The van der Waals surface area contributed by atoms with E-state index in [-0.39, 0.29) is 66.0 Å². The smallest absolute Gasteiger partial charge is 1.00 e. The first-order valence-corrected chi connectivity index (χ1v) is 1.13. The second-order valence-electron chi connectivity index (χ2n) is 0.447. The molecule has 0 saturated carbocycles. The van der Waals surface area contributed by atoms with Gasteiger partial charge in [-0.15, -0.1) is 0 Å². The molecule has 0 aromatic heterocycles. The molecule has 0 heterocycles. The van der Waals surface area contributed by atoms with Gasteiger partial charge in [0.2, 0.25) is 0 Å². The van der Waals surface area contributed by atoms with Gasteiger partial charge in [0.25, 0.3) is 0 Å². The van der Waals surface area contributed by atoms with Gasteiger partial charge in [-0.3, -0.25) is 0 Å². The summed E-state index contributed by atoms with van der Waals surface area (Å²) in [5.41, 5.74) is 0. The van der Waals surface area contributed by atoms with Crippen molar-refractivity contribution >= 4 is 0 Å². The minimum absolute atomic E-state index is 0. The van der Waals surface area contributed by atoms with Crippen LogP contribution >= 0.6 is 0 Å². The molecular formula is C2H7KO2. The topological polar surface area (TPSA) is 40.5 Å². The van der Waals surface area contributed by atoms with E-state index in [9.17, 15) is 0 Å². The standard InChI is InChI=1S/C2H6O2.K.H/c3-1-2-4;;/h3-4H,1-2H2;;/q;+1;-1. The molecule has 0 aliphatic carbocycles. The number of aliphatic hydroxyl groups is 2. The van der Waals surface area contributed by atoms with Crippen LogP contribution in [0.2, 0.25) is 0 Å². The third-order valence-corrected chi connectivity index (χ3v) is 0.1000. The van der Waals surface area contributed by atoms with Crippen molar-refractivity contribution in [3.63, 3.8) is 0 Å². The summed E-state index contributed by atoms with van der Waals surface area (Å²) in [4.78, 5) is 0. The maximum Gasteiger partial charge on any atom is 1.00 e. The molecule has 0 rings (SSSR count). The number of aliphatic hydroxyl groups excluding tert-OH is 2. The molecule has 0 saturated heterocycles. The van der Waals surface area contributed by atoms with Gasteiger partial charge in [0.15, 0.2) is 0 Å². The molecule has 0 atom stereocenters. The Morgan fingerprint density at radius 1 is 1.20 bits per heavy atom. The maximum atomic E-state index is 7.62. The average Bonchev–Trinajstić information content (AvgIpc) is 1.37. The zero-order valence-electron chi connectivity index (χ0n) is 4.31. The van der Waals surface area contributed by atoms with Crippen molar-refractivity contribution < 1.29 is 63.0 Å². The Labute approximate surface area is 75.1 Å².